The number of hydrogen-bond donors (Lipinski definition) is 1. The topological polar surface area (TPSA) is 33.1 Å². The summed E-state index contributed by atoms with van der Waals surface area (Å²) in [5, 5.41) is 8.37. The van der Waals surface area contributed by atoms with Crippen molar-refractivity contribution in [2.45, 2.75) is 52.0 Å². The normalized spacial score (nSPS) is 23.9. The molecule has 0 radical (unpaired) electrons. The predicted octanol–water partition coefficient (Wildman–Crippen LogP) is 2.71. The van der Waals surface area contributed by atoms with Crippen LogP contribution in [0.1, 0.15) is 57.8 Å². The molecule has 0 aliphatic carbocycles. The Balaban J connectivity index is 2.25. The number of nitrogens with one attached hydrogen (secondary N) is 1. The Bertz CT molecular complexity index is 458. The van der Waals surface area contributed by atoms with Crippen molar-refractivity contribution in [3.8, 4) is 0 Å². The van der Waals surface area contributed by atoms with Crippen molar-refractivity contribution >= 4 is 0 Å². The molecule has 1 aliphatic rings. The molecule has 1 aliphatic heterocycles. The van der Waals surface area contributed by atoms with E-state index in [4.69, 9.17) is 5.10 Å². The number of nitrogens with zero attached hydrogens (tertiary/aromatic N) is 3. The molecule has 0 bridgehead atoms. The molecule has 1 aromatic rings. The van der Waals surface area contributed by atoms with Crippen LogP contribution in [0.2, 0.25) is 0 Å². The maximum atomic E-state index is 4.76. The van der Waals surface area contributed by atoms with Gasteiger partial charge in [-0.2, -0.15) is 5.10 Å². The van der Waals surface area contributed by atoms with Crippen LogP contribution in [0.25, 0.3) is 0 Å². The molecule has 1 aromatic heterocycles. The third-order valence-electron chi connectivity index (χ3n) is 4.49. The molecule has 0 spiro atoms. The SMILES string of the molecule is CCCNCC1CCN(C)C1c1cn(C)nc1C(C)(C)C. The molecule has 0 saturated carbocycles. The zero-order valence-electron chi connectivity index (χ0n) is 14.6. The van der Waals surface area contributed by atoms with E-state index in [1.807, 2.05) is 11.7 Å². The van der Waals surface area contributed by atoms with Crippen LogP contribution in [0.4, 0.5) is 0 Å². The second-order valence-corrected chi connectivity index (χ2v) is 7.54. The fraction of sp³-hybridized carbons (Fsp3) is 0.824. The van der Waals surface area contributed by atoms with E-state index in [2.05, 4.69) is 51.2 Å². The van der Waals surface area contributed by atoms with E-state index < -0.39 is 0 Å². The Kier molecular flexibility index (Phi) is 5.10. The van der Waals surface area contributed by atoms with Crippen LogP contribution in [0.15, 0.2) is 6.20 Å². The Morgan fingerprint density at radius 2 is 2.05 bits per heavy atom. The molecule has 2 rings (SSSR count). The van der Waals surface area contributed by atoms with Gasteiger partial charge in [0.15, 0.2) is 0 Å². The van der Waals surface area contributed by atoms with Crippen molar-refractivity contribution in [1.82, 2.24) is 20.0 Å². The highest BCUT2D eigenvalue weighted by Gasteiger charge is 2.37. The van der Waals surface area contributed by atoms with Crippen molar-refractivity contribution < 1.29 is 0 Å². The van der Waals surface area contributed by atoms with Gasteiger partial charge in [-0.15, -0.1) is 0 Å². The first-order valence-electron chi connectivity index (χ1n) is 8.29. The molecule has 1 saturated heterocycles. The van der Waals surface area contributed by atoms with Crippen LogP contribution in [0.3, 0.4) is 0 Å². The largest absolute Gasteiger partial charge is 0.316 e. The predicted molar refractivity (Wildman–Crippen MR) is 88.5 cm³/mol. The fourth-order valence-electron chi connectivity index (χ4n) is 3.50. The summed E-state index contributed by atoms with van der Waals surface area (Å²) in [5.41, 5.74) is 2.78. The lowest BCUT2D eigenvalue weighted by atomic mass is 9.84. The third-order valence-corrected chi connectivity index (χ3v) is 4.49. The average Bonchev–Trinajstić information content (AvgIpc) is 2.93. The minimum atomic E-state index is 0.0986. The fourth-order valence-corrected chi connectivity index (χ4v) is 3.50. The third kappa shape index (κ3) is 3.67. The minimum Gasteiger partial charge on any atom is -0.316 e. The Morgan fingerprint density at radius 1 is 1.33 bits per heavy atom. The minimum absolute atomic E-state index is 0.0986. The number of hydrogen-bond acceptors (Lipinski definition) is 3. The molecule has 4 heteroatoms. The van der Waals surface area contributed by atoms with E-state index >= 15 is 0 Å². The standard InChI is InChI=1S/C17H32N4/c1-7-9-18-11-13-8-10-20(5)15(13)14-12-21(6)19-16(14)17(2,3)4/h12-13,15,18H,7-11H2,1-6H3. The smallest absolute Gasteiger partial charge is 0.0725 e. The van der Waals surface area contributed by atoms with E-state index in [9.17, 15) is 0 Å². The number of likely N-dealkylation sites (tertiary alicyclic amines) is 1. The summed E-state index contributed by atoms with van der Waals surface area (Å²) in [6.45, 7) is 12.4. The Hall–Kier alpha value is -0.870. The van der Waals surface area contributed by atoms with Crippen LogP contribution in [-0.2, 0) is 12.5 Å². The van der Waals surface area contributed by atoms with E-state index in [-0.39, 0.29) is 5.41 Å². The van der Waals surface area contributed by atoms with Crippen molar-refractivity contribution in [3.63, 3.8) is 0 Å². The first-order valence-corrected chi connectivity index (χ1v) is 8.29. The zero-order chi connectivity index (χ0) is 15.6. The molecule has 1 fully saturated rings. The highest BCUT2D eigenvalue weighted by molar-refractivity contribution is 5.29. The lowest BCUT2D eigenvalue weighted by molar-refractivity contribution is 0.268. The summed E-state index contributed by atoms with van der Waals surface area (Å²) in [4.78, 5) is 2.50. The molecular formula is C17H32N4. The molecule has 2 atom stereocenters. The highest BCUT2D eigenvalue weighted by Crippen LogP contribution is 2.39. The maximum Gasteiger partial charge on any atom is 0.0725 e. The van der Waals surface area contributed by atoms with Gasteiger partial charge < -0.3 is 5.32 Å². The molecule has 0 aromatic carbocycles. The Morgan fingerprint density at radius 3 is 2.67 bits per heavy atom. The van der Waals surface area contributed by atoms with Crippen molar-refractivity contribution in [3.05, 3.63) is 17.5 Å². The number of aryl methyl sites for hydroxylation is 1. The lowest BCUT2D eigenvalue weighted by Crippen LogP contribution is -2.30. The van der Waals surface area contributed by atoms with Crippen LogP contribution in [-0.4, -0.2) is 41.4 Å². The maximum absolute atomic E-state index is 4.76. The second-order valence-electron chi connectivity index (χ2n) is 7.54. The summed E-state index contributed by atoms with van der Waals surface area (Å²) in [7, 11) is 4.29. The molecule has 1 N–H and O–H groups in total. The van der Waals surface area contributed by atoms with Crippen LogP contribution in [0.5, 0.6) is 0 Å². The molecule has 120 valence electrons. The zero-order valence-corrected chi connectivity index (χ0v) is 14.6. The number of rotatable bonds is 5. The van der Waals surface area contributed by atoms with Gasteiger partial charge in [0.25, 0.3) is 0 Å². The molecule has 4 nitrogen and oxygen atoms in total. The van der Waals surface area contributed by atoms with E-state index in [1.165, 1.54) is 30.6 Å². The van der Waals surface area contributed by atoms with Gasteiger partial charge in [0, 0.05) is 30.3 Å². The van der Waals surface area contributed by atoms with Gasteiger partial charge >= 0.3 is 0 Å². The monoisotopic (exact) mass is 292 g/mol. The van der Waals surface area contributed by atoms with Gasteiger partial charge in [-0.3, -0.25) is 9.58 Å². The van der Waals surface area contributed by atoms with Crippen molar-refractivity contribution in [2.75, 3.05) is 26.7 Å². The van der Waals surface area contributed by atoms with E-state index in [1.54, 1.807) is 0 Å². The highest BCUT2D eigenvalue weighted by atomic mass is 15.3. The molecule has 21 heavy (non-hydrogen) atoms. The van der Waals surface area contributed by atoms with E-state index in [0.717, 1.165) is 13.1 Å². The van der Waals surface area contributed by atoms with E-state index in [0.29, 0.717) is 12.0 Å². The molecule has 0 amide bonds. The first kappa shape index (κ1) is 16.5. The summed E-state index contributed by atoms with van der Waals surface area (Å²) in [6, 6.07) is 0.497. The van der Waals surface area contributed by atoms with Gasteiger partial charge in [-0.05, 0) is 45.4 Å². The summed E-state index contributed by atoms with van der Waals surface area (Å²) < 4.78 is 1.98. The molecular weight excluding hydrogens is 260 g/mol. The van der Waals surface area contributed by atoms with Gasteiger partial charge in [-0.25, -0.2) is 0 Å². The van der Waals surface area contributed by atoms with Crippen molar-refractivity contribution in [1.29, 1.82) is 0 Å². The van der Waals surface area contributed by atoms with Gasteiger partial charge in [0.1, 0.15) is 0 Å². The van der Waals surface area contributed by atoms with Gasteiger partial charge in [0.05, 0.1) is 5.69 Å². The van der Waals surface area contributed by atoms with Gasteiger partial charge in [-0.1, -0.05) is 27.7 Å². The quantitative estimate of drug-likeness (QED) is 0.847. The number of aromatic nitrogens is 2. The lowest BCUT2D eigenvalue weighted by Gasteiger charge is -2.28. The molecule has 2 heterocycles. The summed E-state index contributed by atoms with van der Waals surface area (Å²) in [6.07, 6.45) is 4.71. The summed E-state index contributed by atoms with van der Waals surface area (Å²) in [5.74, 6) is 0.687. The summed E-state index contributed by atoms with van der Waals surface area (Å²) >= 11 is 0. The second kappa shape index (κ2) is 6.49. The first-order chi connectivity index (χ1) is 9.84. The van der Waals surface area contributed by atoms with Crippen LogP contribution in [0, 0.1) is 5.92 Å². The Labute approximate surface area is 129 Å². The van der Waals surface area contributed by atoms with Crippen LogP contribution >= 0.6 is 0 Å². The molecule has 2 unspecified atom stereocenters. The van der Waals surface area contributed by atoms with Crippen molar-refractivity contribution in [2.24, 2.45) is 13.0 Å². The average molecular weight is 292 g/mol. The van der Waals surface area contributed by atoms with Gasteiger partial charge in [0.2, 0.25) is 0 Å². The van der Waals surface area contributed by atoms with Crippen LogP contribution < -0.4 is 5.32 Å².